The topological polar surface area (TPSA) is 207 Å². The zero-order valence-electron chi connectivity index (χ0n) is 39.8. The number of carbonyl (C=O) groups is 1. The van der Waals surface area contributed by atoms with E-state index in [1.165, 1.54) is 6.92 Å². The molecule has 356 valence electrons. The van der Waals surface area contributed by atoms with Gasteiger partial charge in [0.05, 0.1) is 35.7 Å². The number of furan rings is 1. The number of halogens is 2. The van der Waals surface area contributed by atoms with Gasteiger partial charge in [0.2, 0.25) is 0 Å². The van der Waals surface area contributed by atoms with Crippen molar-refractivity contribution in [1.82, 2.24) is 49.5 Å². The SMILES string of the molecule is CC(=O)c1cncc(Br)c1.CC(N)c1cncc(-c2cnn(C)c2)c1.CC(N)c1cncc(Br)c1.Cc1coc2ccc(-c3cc(NC(C)c4cncc(-c5cnn(C)c5)c4)cc4nccnc34)cc12. The Bertz CT molecular complexity index is 3360. The predicted molar refractivity (Wildman–Crippen MR) is 283 cm³/mol. The minimum absolute atomic E-state index is 0.00845. The van der Waals surface area contributed by atoms with Gasteiger partial charge in [-0.3, -0.25) is 44.1 Å². The van der Waals surface area contributed by atoms with Gasteiger partial charge in [0, 0.05) is 154 Å². The van der Waals surface area contributed by atoms with Gasteiger partial charge in [-0.2, -0.15) is 10.2 Å². The number of benzene rings is 2. The first-order valence-corrected chi connectivity index (χ1v) is 23.8. The van der Waals surface area contributed by atoms with Crippen molar-refractivity contribution in [3.8, 4) is 33.4 Å². The number of nitrogens with two attached hydrogens (primary N) is 2. The minimum atomic E-state index is 0.00845. The summed E-state index contributed by atoms with van der Waals surface area (Å²) >= 11 is 6.53. The van der Waals surface area contributed by atoms with E-state index in [0.717, 1.165) is 92.3 Å². The predicted octanol–water partition coefficient (Wildman–Crippen LogP) is 11.7. The summed E-state index contributed by atoms with van der Waals surface area (Å²) in [5.41, 5.74) is 26.2. The lowest BCUT2D eigenvalue weighted by atomic mass is 10.00. The number of aryl methyl sites for hydroxylation is 3. The lowest BCUT2D eigenvalue weighted by Gasteiger charge is -2.18. The zero-order valence-corrected chi connectivity index (χ0v) is 43.0. The van der Waals surface area contributed by atoms with Crippen LogP contribution in [0.2, 0.25) is 0 Å². The molecule has 0 aliphatic carbocycles. The van der Waals surface area contributed by atoms with Crippen molar-refractivity contribution in [2.24, 2.45) is 25.6 Å². The molecule has 0 aliphatic heterocycles. The van der Waals surface area contributed by atoms with Crippen LogP contribution in [-0.2, 0) is 14.1 Å². The fourth-order valence-electron chi connectivity index (χ4n) is 7.17. The highest BCUT2D eigenvalue weighted by Gasteiger charge is 2.15. The monoisotopic (exact) mass is 1060 g/mol. The van der Waals surface area contributed by atoms with Crippen molar-refractivity contribution in [2.75, 3.05) is 5.32 Å². The minimum Gasteiger partial charge on any atom is -0.464 e. The molecular weight excluding hydrogens is 1010 g/mol. The molecule has 0 spiro atoms. The molecule has 0 saturated carbocycles. The number of nitrogens with zero attached hydrogens (tertiary/aromatic N) is 10. The van der Waals surface area contributed by atoms with Gasteiger partial charge in [-0.25, -0.2) is 0 Å². The van der Waals surface area contributed by atoms with E-state index in [-0.39, 0.29) is 23.9 Å². The summed E-state index contributed by atoms with van der Waals surface area (Å²) in [5, 5.41) is 13.1. The molecule has 0 amide bonds. The lowest BCUT2D eigenvalue weighted by molar-refractivity contribution is 0.101. The number of carbonyl (C=O) groups excluding carboxylic acids is 1. The van der Waals surface area contributed by atoms with Crippen LogP contribution in [0.1, 0.15) is 78.4 Å². The van der Waals surface area contributed by atoms with Crippen molar-refractivity contribution in [2.45, 2.75) is 52.7 Å². The second-order valence-corrected chi connectivity index (χ2v) is 18.6. The number of aromatic nitrogens is 10. The number of pyridine rings is 4. The summed E-state index contributed by atoms with van der Waals surface area (Å²) < 4.78 is 11.0. The Balaban J connectivity index is 0.000000168. The van der Waals surface area contributed by atoms with E-state index in [2.05, 4.69) is 121 Å². The first kappa shape index (κ1) is 50.6. The summed E-state index contributed by atoms with van der Waals surface area (Å²) in [5.74, 6) is 0.0359. The number of hydrogen-bond acceptors (Lipinski definition) is 13. The van der Waals surface area contributed by atoms with Gasteiger partial charge < -0.3 is 21.2 Å². The molecule has 0 bridgehead atoms. The highest BCUT2D eigenvalue weighted by molar-refractivity contribution is 9.10. The number of ketones is 1. The Morgan fingerprint density at radius 2 is 1.21 bits per heavy atom. The molecule has 8 heterocycles. The molecule has 17 heteroatoms. The molecule has 0 saturated heterocycles. The van der Waals surface area contributed by atoms with E-state index < -0.39 is 0 Å². The van der Waals surface area contributed by atoms with Crippen LogP contribution < -0.4 is 16.8 Å². The van der Waals surface area contributed by atoms with Crippen LogP contribution in [0.15, 0.2) is 161 Å². The molecule has 8 aromatic heterocycles. The molecule has 0 aliphatic rings. The molecule has 0 radical (unpaired) electrons. The summed E-state index contributed by atoms with van der Waals surface area (Å²) in [4.78, 5) is 36.4. The van der Waals surface area contributed by atoms with E-state index in [4.69, 9.17) is 15.9 Å². The number of nitrogens with one attached hydrogen (secondary N) is 1. The van der Waals surface area contributed by atoms with Crippen LogP contribution in [0.5, 0.6) is 0 Å². The van der Waals surface area contributed by atoms with E-state index in [9.17, 15) is 4.79 Å². The van der Waals surface area contributed by atoms with Crippen LogP contribution in [0.4, 0.5) is 5.69 Å². The number of rotatable bonds is 9. The van der Waals surface area contributed by atoms with Crippen LogP contribution in [0, 0.1) is 6.92 Å². The van der Waals surface area contributed by atoms with Crippen LogP contribution in [-0.4, -0.2) is 55.2 Å². The first-order chi connectivity index (χ1) is 33.6. The van der Waals surface area contributed by atoms with Crippen LogP contribution in [0.25, 0.3) is 55.4 Å². The van der Waals surface area contributed by atoms with Crippen molar-refractivity contribution >= 4 is 65.3 Å². The average Bonchev–Trinajstić information content (AvgIpc) is 4.11. The van der Waals surface area contributed by atoms with E-state index >= 15 is 0 Å². The Hall–Kier alpha value is -7.31. The maximum Gasteiger partial charge on any atom is 0.161 e. The standard InChI is InChI=1S/C28H24N6O.C11H14N4.C7H9BrN2.C7H6BrNO/c1-17-16-35-27-5-4-19(9-24(17)27)25-10-23(11-26-28(25)31-7-6-30-26)33-18(2)20-8-21(13-29-12-20)22-14-32-34(3)15-22;1-8(12)9-3-10(5-13-4-9)11-6-14-15(2)7-11;1-5(9)6-2-7(8)4-10-3-6;1-5(10)6-2-7(8)4-9-3-6/h4-16,18,33H,1-3H3;3-8H,12H2,1-2H3;2-5H,9H2,1H3;2-4H,1H3. The second-order valence-electron chi connectivity index (χ2n) is 16.7. The quantitative estimate of drug-likeness (QED) is 0.115. The Morgan fingerprint density at radius 3 is 1.77 bits per heavy atom. The molecule has 3 unspecified atom stereocenters. The number of Topliss-reactive ketones (excluding diaryl/α,β-unsaturated/α-hetero) is 1. The molecule has 10 rings (SSSR count). The molecule has 15 nitrogen and oxygen atoms in total. The fraction of sp³-hybridized carbons (Fsp3) is 0.189. The van der Waals surface area contributed by atoms with Crippen molar-refractivity contribution in [3.05, 3.63) is 184 Å². The summed E-state index contributed by atoms with van der Waals surface area (Å²) in [6.45, 7) is 9.59. The summed E-state index contributed by atoms with van der Waals surface area (Å²) in [6, 6.07) is 18.4. The molecule has 3 atom stereocenters. The van der Waals surface area contributed by atoms with Gasteiger partial charge in [0.1, 0.15) is 5.58 Å². The summed E-state index contributed by atoms with van der Waals surface area (Å²) in [7, 11) is 3.81. The third-order valence-corrected chi connectivity index (χ3v) is 11.9. The van der Waals surface area contributed by atoms with Gasteiger partial charge >= 0.3 is 0 Å². The third-order valence-electron chi connectivity index (χ3n) is 11.0. The average molecular weight is 1060 g/mol. The highest BCUT2D eigenvalue weighted by Crippen LogP contribution is 2.35. The van der Waals surface area contributed by atoms with E-state index in [1.54, 1.807) is 65.1 Å². The van der Waals surface area contributed by atoms with Crippen molar-refractivity contribution in [3.63, 3.8) is 0 Å². The fourth-order valence-corrected chi connectivity index (χ4v) is 7.92. The highest BCUT2D eigenvalue weighted by atomic mass is 79.9. The Kier molecular flexibility index (Phi) is 16.9. The maximum atomic E-state index is 10.7. The third kappa shape index (κ3) is 13.3. The Labute approximate surface area is 423 Å². The van der Waals surface area contributed by atoms with Crippen LogP contribution >= 0.6 is 31.9 Å². The van der Waals surface area contributed by atoms with E-state index in [1.807, 2.05) is 89.5 Å². The van der Waals surface area contributed by atoms with Gasteiger partial charge in [-0.15, -0.1) is 0 Å². The van der Waals surface area contributed by atoms with Gasteiger partial charge in [-0.1, -0.05) is 6.07 Å². The van der Waals surface area contributed by atoms with Crippen molar-refractivity contribution < 1.29 is 9.21 Å². The number of anilines is 1. The lowest BCUT2D eigenvalue weighted by Crippen LogP contribution is -2.07. The second kappa shape index (κ2) is 23.3. The zero-order chi connectivity index (χ0) is 49.9. The van der Waals surface area contributed by atoms with E-state index in [0.29, 0.717) is 5.56 Å². The number of fused-ring (bicyclic) bond motifs is 2. The van der Waals surface area contributed by atoms with Gasteiger partial charge in [0.25, 0.3) is 0 Å². The summed E-state index contributed by atoms with van der Waals surface area (Å²) in [6.07, 6.45) is 27.0. The molecule has 0 fully saturated rings. The van der Waals surface area contributed by atoms with Crippen molar-refractivity contribution in [1.29, 1.82) is 0 Å². The molecule has 70 heavy (non-hydrogen) atoms. The smallest absolute Gasteiger partial charge is 0.161 e. The largest absolute Gasteiger partial charge is 0.464 e. The maximum absolute atomic E-state index is 10.7. The first-order valence-electron chi connectivity index (χ1n) is 22.2. The van der Waals surface area contributed by atoms with Crippen LogP contribution in [0.3, 0.4) is 0 Å². The van der Waals surface area contributed by atoms with Gasteiger partial charge in [0.15, 0.2) is 5.78 Å². The molecule has 5 N–H and O–H groups in total. The molecule has 10 aromatic rings. The molecular formula is C53H53Br2N13O2. The normalized spacial score (nSPS) is 12.1. The van der Waals surface area contributed by atoms with Gasteiger partial charge in [-0.05, 0) is 143 Å². The number of hydrogen-bond donors (Lipinski definition) is 3. The molecule has 2 aromatic carbocycles. The Morgan fingerprint density at radius 1 is 0.643 bits per heavy atom.